The van der Waals surface area contributed by atoms with Crippen LogP contribution >= 0.6 is 27.5 Å². The Morgan fingerprint density at radius 1 is 1.29 bits per heavy atom. The van der Waals surface area contributed by atoms with Crippen molar-refractivity contribution in [3.63, 3.8) is 0 Å². The van der Waals surface area contributed by atoms with E-state index in [0.717, 1.165) is 15.8 Å². The van der Waals surface area contributed by atoms with Crippen LogP contribution in [0.25, 0.3) is 0 Å². The van der Waals surface area contributed by atoms with Gasteiger partial charge in [-0.15, -0.1) is 0 Å². The van der Waals surface area contributed by atoms with Crippen molar-refractivity contribution in [3.8, 4) is 5.75 Å². The summed E-state index contributed by atoms with van der Waals surface area (Å²) in [4.78, 5) is 0. The predicted octanol–water partition coefficient (Wildman–Crippen LogP) is 4.75. The highest BCUT2D eigenvalue weighted by Crippen LogP contribution is 2.29. The van der Waals surface area contributed by atoms with Gasteiger partial charge in [0.05, 0.1) is 7.11 Å². The van der Waals surface area contributed by atoms with Crippen LogP contribution in [0.15, 0.2) is 40.9 Å². The minimum Gasteiger partial charge on any atom is -0.496 e. The van der Waals surface area contributed by atoms with E-state index in [-0.39, 0.29) is 11.9 Å². The molecule has 1 unspecified atom stereocenters. The SMILES string of the molecule is CNC(Cc1cc(Cl)ccc1OC)c1cc(Br)ccc1F. The molecule has 5 heteroatoms. The van der Waals surface area contributed by atoms with Gasteiger partial charge in [0.2, 0.25) is 0 Å². The maximum atomic E-state index is 14.1. The number of ether oxygens (including phenoxy) is 1. The van der Waals surface area contributed by atoms with Gasteiger partial charge in [-0.05, 0) is 55.4 Å². The van der Waals surface area contributed by atoms with Crippen molar-refractivity contribution in [3.05, 3.63) is 62.8 Å². The summed E-state index contributed by atoms with van der Waals surface area (Å²) >= 11 is 9.42. The van der Waals surface area contributed by atoms with E-state index in [2.05, 4.69) is 21.2 Å². The molecule has 2 aromatic rings. The lowest BCUT2D eigenvalue weighted by atomic mass is 9.98. The van der Waals surface area contributed by atoms with Gasteiger partial charge in [0.15, 0.2) is 0 Å². The second kappa shape index (κ2) is 7.25. The Kier molecular flexibility index (Phi) is 5.62. The molecule has 1 atom stereocenters. The van der Waals surface area contributed by atoms with Crippen LogP contribution in [0.5, 0.6) is 5.75 Å². The fourth-order valence-electron chi connectivity index (χ4n) is 2.28. The van der Waals surface area contributed by atoms with Crippen molar-refractivity contribution in [1.82, 2.24) is 5.32 Å². The monoisotopic (exact) mass is 371 g/mol. The molecule has 0 aliphatic carbocycles. The van der Waals surface area contributed by atoms with Gasteiger partial charge in [-0.3, -0.25) is 0 Å². The van der Waals surface area contributed by atoms with Crippen molar-refractivity contribution >= 4 is 27.5 Å². The van der Waals surface area contributed by atoms with E-state index in [1.807, 2.05) is 19.2 Å². The molecule has 21 heavy (non-hydrogen) atoms. The first-order valence-corrected chi connectivity index (χ1v) is 7.67. The topological polar surface area (TPSA) is 21.3 Å². The molecule has 0 heterocycles. The van der Waals surface area contributed by atoms with E-state index in [9.17, 15) is 4.39 Å². The van der Waals surface area contributed by atoms with Crippen LogP contribution in [0.2, 0.25) is 5.02 Å². The zero-order chi connectivity index (χ0) is 15.4. The fourth-order valence-corrected chi connectivity index (χ4v) is 2.85. The highest BCUT2D eigenvalue weighted by molar-refractivity contribution is 9.10. The van der Waals surface area contributed by atoms with Gasteiger partial charge in [-0.25, -0.2) is 4.39 Å². The Balaban J connectivity index is 2.35. The summed E-state index contributed by atoms with van der Waals surface area (Å²) in [5, 5.41) is 3.78. The van der Waals surface area contributed by atoms with E-state index in [1.54, 1.807) is 25.3 Å². The molecule has 0 bridgehead atoms. The molecule has 0 aliphatic rings. The molecule has 2 aromatic carbocycles. The summed E-state index contributed by atoms with van der Waals surface area (Å²) in [5.74, 6) is 0.508. The van der Waals surface area contributed by atoms with Gasteiger partial charge in [0.25, 0.3) is 0 Å². The number of rotatable bonds is 5. The van der Waals surface area contributed by atoms with Gasteiger partial charge in [0, 0.05) is 21.1 Å². The molecule has 0 spiro atoms. The lowest BCUT2D eigenvalue weighted by Gasteiger charge is -2.19. The summed E-state index contributed by atoms with van der Waals surface area (Å²) in [6.07, 6.45) is 0.577. The number of benzene rings is 2. The standard InChI is InChI=1S/C16H16BrClFNO/c1-20-15(13-9-11(17)3-5-14(13)19)8-10-7-12(18)4-6-16(10)21-2/h3-7,9,15,20H,8H2,1-2H3. The number of hydrogen-bond donors (Lipinski definition) is 1. The van der Waals surface area contributed by atoms with E-state index < -0.39 is 0 Å². The second-order valence-electron chi connectivity index (χ2n) is 4.67. The fraction of sp³-hybridized carbons (Fsp3) is 0.250. The van der Waals surface area contributed by atoms with Crippen molar-refractivity contribution < 1.29 is 9.13 Å². The summed E-state index contributed by atoms with van der Waals surface area (Å²) < 4.78 is 20.2. The highest BCUT2D eigenvalue weighted by atomic mass is 79.9. The lowest BCUT2D eigenvalue weighted by molar-refractivity contribution is 0.406. The number of methoxy groups -OCH3 is 1. The van der Waals surface area contributed by atoms with Gasteiger partial charge in [-0.1, -0.05) is 27.5 Å². The van der Waals surface area contributed by atoms with Crippen LogP contribution < -0.4 is 10.1 Å². The Morgan fingerprint density at radius 3 is 2.71 bits per heavy atom. The number of nitrogens with one attached hydrogen (secondary N) is 1. The van der Waals surface area contributed by atoms with Crippen LogP contribution in [-0.2, 0) is 6.42 Å². The molecular formula is C16H16BrClFNO. The molecule has 0 fully saturated rings. The summed E-state index contributed by atoms with van der Waals surface area (Å²) in [6, 6.07) is 10.2. The first kappa shape index (κ1) is 16.3. The lowest BCUT2D eigenvalue weighted by Crippen LogP contribution is -2.20. The molecule has 0 radical (unpaired) electrons. The van der Waals surface area contributed by atoms with Gasteiger partial charge in [-0.2, -0.15) is 0 Å². The molecule has 0 aliphatic heterocycles. The van der Waals surface area contributed by atoms with Crippen molar-refractivity contribution in [2.75, 3.05) is 14.2 Å². The van der Waals surface area contributed by atoms with Crippen molar-refractivity contribution in [2.24, 2.45) is 0 Å². The number of halogens is 3. The zero-order valence-corrected chi connectivity index (χ0v) is 14.1. The summed E-state index contributed by atoms with van der Waals surface area (Å²) in [7, 11) is 3.42. The van der Waals surface area contributed by atoms with Gasteiger partial charge in [0.1, 0.15) is 11.6 Å². The average Bonchev–Trinajstić information content (AvgIpc) is 2.47. The summed E-state index contributed by atoms with van der Waals surface area (Å²) in [5.41, 5.74) is 1.54. The van der Waals surface area contributed by atoms with Crippen LogP contribution in [0, 0.1) is 5.82 Å². The van der Waals surface area contributed by atoms with Crippen LogP contribution in [0.3, 0.4) is 0 Å². The molecule has 0 aromatic heterocycles. The normalized spacial score (nSPS) is 12.2. The van der Waals surface area contributed by atoms with Crippen LogP contribution in [0.1, 0.15) is 17.2 Å². The van der Waals surface area contributed by atoms with Crippen molar-refractivity contribution in [1.29, 1.82) is 0 Å². The third-order valence-electron chi connectivity index (χ3n) is 3.35. The second-order valence-corrected chi connectivity index (χ2v) is 6.02. The average molecular weight is 373 g/mol. The summed E-state index contributed by atoms with van der Waals surface area (Å²) in [6.45, 7) is 0. The molecule has 0 saturated carbocycles. The predicted molar refractivity (Wildman–Crippen MR) is 87.6 cm³/mol. The molecule has 0 saturated heterocycles. The first-order chi connectivity index (χ1) is 10.0. The maximum Gasteiger partial charge on any atom is 0.128 e. The van der Waals surface area contributed by atoms with E-state index in [1.165, 1.54) is 6.07 Å². The molecule has 2 rings (SSSR count). The van der Waals surface area contributed by atoms with E-state index >= 15 is 0 Å². The van der Waals surface area contributed by atoms with Crippen molar-refractivity contribution in [2.45, 2.75) is 12.5 Å². The zero-order valence-electron chi connectivity index (χ0n) is 11.8. The smallest absolute Gasteiger partial charge is 0.128 e. The van der Waals surface area contributed by atoms with Crippen LogP contribution in [-0.4, -0.2) is 14.2 Å². The molecule has 1 N–H and O–H groups in total. The largest absolute Gasteiger partial charge is 0.496 e. The Labute approximate surface area is 137 Å². The first-order valence-electron chi connectivity index (χ1n) is 6.49. The third-order valence-corrected chi connectivity index (χ3v) is 4.08. The van der Waals surface area contributed by atoms with Crippen LogP contribution in [0.4, 0.5) is 4.39 Å². The van der Waals surface area contributed by atoms with Gasteiger partial charge < -0.3 is 10.1 Å². The Hall–Kier alpha value is -1.10. The molecule has 112 valence electrons. The molecular weight excluding hydrogens is 357 g/mol. The quantitative estimate of drug-likeness (QED) is 0.817. The highest BCUT2D eigenvalue weighted by Gasteiger charge is 2.17. The third kappa shape index (κ3) is 3.96. The maximum absolute atomic E-state index is 14.1. The minimum atomic E-state index is -0.237. The Morgan fingerprint density at radius 2 is 2.05 bits per heavy atom. The minimum absolute atomic E-state index is 0.171. The number of likely N-dealkylation sites (N-methyl/N-ethyl adjacent to an activating group) is 1. The van der Waals surface area contributed by atoms with E-state index in [4.69, 9.17) is 16.3 Å². The van der Waals surface area contributed by atoms with Gasteiger partial charge >= 0.3 is 0 Å². The molecule has 0 amide bonds. The van der Waals surface area contributed by atoms with E-state index in [0.29, 0.717) is 17.0 Å². The number of hydrogen-bond acceptors (Lipinski definition) is 2. The molecule has 2 nitrogen and oxygen atoms in total. The Bertz CT molecular complexity index is 636.